The van der Waals surface area contributed by atoms with Crippen molar-refractivity contribution in [2.75, 3.05) is 6.54 Å². The van der Waals surface area contributed by atoms with Gasteiger partial charge in [-0.1, -0.05) is 43.6 Å². The molecule has 4 unspecified atom stereocenters. The molecule has 3 rings (SSSR count). The van der Waals surface area contributed by atoms with E-state index in [0.29, 0.717) is 19.3 Å². The van der Waals surface area contributed by atoms with Crippen molar-refractivity contribution in [2.45, 2.75) is 108 Å². The van der Waals surface area contributed by atoms with Crippen molar-refractivity contribution in [1.82, 2.24) is 5.32 Å². The predicted molar refractivity (Wildman–Crippen MR) is 129 cm³/mol. The number of aliphatic hydroxyl groups is 3. The van der Waals surface area contributed by atoms with Crippen molar-refractivity contribution >= 4 is 5.91 Å². The zero-order valence-corrected chi connectivity index (χ0v) is 21.8. The summed E-state index contributed by atoms with van der Waals surface area (Å²) in [5.41, 5.74) is -2.97. The van der Waals surface area contributed by atoms with Gasteiger partial charge < -0.3 is 20.6 Å². The first-order valence-electron chi connectivity index (χ1n) is 13.3. The molecule has 11 heteroatoms. The van der Waals surface area contributed by atoms with E-state index in [4.69, 9.17) is 0 Å². The van der Waals surface area contributed by atoms with Crippen LogP contribution in [0.4, 0.5) is 26.3 Å². The van der Waals surface area contributed by atoms with Gasteiger partial charge in [-0.2, -0.15) is 26.3 Å². The molecule has 3 aliphatic rings. The van der Waals surface area contributed by atoms with Gasteiger partial charge in [-0.05, 0) is 74.5 Å². The molecular formula is C27H39F6NO4. The Morgan fingerprint density at radius 2 is 1.66 bits per heavy atom. The van der Waals surface area contributed by atoms with Crippen LogP contribution in [0.3, 0.4) is 0 Å². The molecule has 4 N–H and O–H groups in total. The van der Waals surface area contributed by atoms with Crippen LogP contribution in [0.1, 0.15) is 78.1 Å². The fraction of sp³-hybridized carbons (Fsp3) is 0.815. The van der Waals surface area contributed by atoms with Crippen LogP contribution in [0.5, 0.6) is 0 Å². The Balaban J connectivity index is 1.68. The minimum Gasteiger partial charge on any atom is -0.393 e. The van der Waals surface area contributed by atoms with Gasteiger partial charge in [0.15, 0.2) is 0 Å². The molecule has 3 aliphatic carbocycles. The minimum atomic E-state index is -6.04. The third kappa shape index (κ3) is 6.58. The topological polar surface area (TPSA) is 89.8 Å². The Morgan fingerprint density at radius 1 is 1.05 bits per heavy atom. The number of allylic oxidation sites excluding steroid dienone is 3. The van der Waals surface area contributed by atoms with Crippen molar-refractivity contribution in [2.24, 2.45) is 23.2 Å². The highest BCUT2D eigenvalue weighted by atomic mass is 19.4. The van der Waals surface area contributed by atoms with Crippen molar-refractivity contribution in [3.05, 3.63) is 23.3 Å². The largest absolute Gasteiger partial charge is 0.426 e. The van der Waals surface area contributed by atoms with Gasteiger partial charge >= 0.3 is 12.4 Å². The Labute approximate surface area is 219 Å². The molecule has 3 saturated carbocycles. The van der Waals surface area contributed by atoms with E-state index in [1.165, 1.54) is 5.57 Å². The fourth-order valence-corrected chi connectivity index (χ4v) is 7.01. The molecule has 0 radical (unpaired) electrons. The smallest absolute Gasteiger partial charge is 0.393 e. The first-order valence-corrected chi connectivity index (χ1v) is 13.3. The standard InChI is InChI=1S/C27H39F6NO4/c1-16(15-34-23(37)14-25(38,26(28,29)30)27(31,32)33)21-6-3-7-22-18(5-4-10-24(21,22)2)9-8-17-11-19(35)13-20(36)12-17/h8-9,16,19-22,35-36,38H,3-7,10-15H2,1-2H3,(H,34,37)/t16-,19?,20?,21?,22?,24-/m1/s1. The van der Waals surface area contributed by atoms with Crippen molar-refractivity contribution in [3.63, 3.8) is 0 Å². The summed E-state index contributed by atoms with van der Waals surface area (Å²) in [6, 6.07) is 0. The first-order chi connectivity index (χ1) is 17.5. The van der Waals surface area contributed by atoms with Crippen LogP contribution in [-0.2, 0) is 4.79 Å². The first kappa shape index (κ1) is 30.9. The molecule has 0 aromatic carbocycles. The second-order valence-electron chi connectivity index (χ2n) is 11.8. The van der Waals surface area contributed by atoms with E-state index < -0.39 is 42.5 Å². The molecule has 5 nitrogen and oxygen atoms in total. The highest BCUT2D eigenvalue weighted by Gasteiger charge is 2.71. The third-order valence-electron chi connectivity index (χ3n) is 9.01. The summed E-state index contributed by atoms with van der Waals surface area (Å²) in [4.78, 5) is 12.1. The SMILES string of the molecule is C[C@H](CNC(=O)CC(O)(C(F)(F)F)C(F)(F)F)C1CCCC2C(=CC=C3CC(O)CC(O)C3)CCC[C@@]21C. The monoisotopic (exact) mass is 555 g/mol. The van der Waals surface area contributed by atoms with E-state index in [1.54, 1.807) is 0 Å². The summed E-state index contributed by atoms with van der Waals surface area (Å²) in [7, 11) is 0. The van der Waals surface area contributed by atoms with E-state index in [-0.39, 0.29) is 29.7 Å². The summed E-state index contributed by atoms with van der Waals surface area (Å²) in [6.07, 6.45) is -4.29. The zero-order valence-electron chi connectivity index (χ0n) is 21.8. The predicted octanol–water partition coefficient (Wildman–Crippen LogP) is 5.35. The Hall–Kier alpha value is -1.59. The number of nitrogens with one attached hydrogen (secondary N) is 1. The molecule has 0 saturated heterocycles. The van der Waals surface area contributed by atoms with Gasteiger partial charge in [-0.15, -0.1) is 0 Å². The lowest BCUT2D eigenvalue weighted by molar-refractivity contribution is -0.367. The van der Waals surface area contributed by atoms with E-state index >= 15 is 0 Å². The van der Waals surface area contributed by atoms with Crippen LogP contribution >= 0.6 is 0 Å². The van der Waals surface area contributed by atoms with Gasteiger partial charge in [0.25, 0.3) is 5.60 Å². The molecule has 0 aliphatic heterocycles. The van der Waals surface area contributed by atoms with Crippen molar-refractivity contribution < 1.29 is 46.5 Å². The lowest BCUT2D eigenvalue weighted by Gasteiger charge is -2.53. The molecule has 6 atom stereocenters. The number of rotatable bonds is 6. The van der Waals surface area contributed by atoms with Crippen LogP contribution in [-0.4, -0.2) is 57.9 Å². The van der Waals surface area contributed by atoms with Crippen molar-refractivity contribution in [3.8, 4) is 0 Å². The molecule has 38 heavy (non-hydrogen) atoms. The summed E-state index contributed by atoms with van der Waals surface area (Å²) in [5, 5.41) is 31.5. The van der Waals surface area contributed by atoms with Crippen molar-refractivity contribution in [1.29, 1.82) is 0 Å². The molecule has 218 valence electrons. The molecule has 0 heterocycles. The number of hydrogen-bond donors (Lipinski definition) is 4. The lowest BCUT2D eigenvalue weighted by Crippen LogP contribution is -2.59. The van der Waals surface area contributed by atoms with E-state index in [2.05, 4.69) is 18.3 Å². The van der Waals surface area contributed by atoms with Crippen LogP contribution < -0.4 is 5.32 Å². The molecular weight excluding hydrogens is 516 g/mol. The molecule has 3 fully saturated rings. The maximum atomic E-state index is 13.0. The van der Waals surface area contributed by atoms with E-state index in [9.17, 15) is 46.5 Å². The average Bonchev–Trinajstić information content (AvgIpc) is 2.78. The van der Waals surface area contributed by atoms with Gasteiger partial charge in [0, 0.05) is 6.54 Å². The summed E-state index contributed by atoms with van der Waals surface area (Å²) in [5.74, 6) is -1.35. The molecule has 0 aromatic heterocycles. The Kier molecular flexibility index (Phi) is 9.36. The number of carbonyl (C=O) groups is 1. The maximum Gasteiger partial charge on any atom is 0.426 e. The number of alkyl halides is 6. The summed E-state index contributed by atoms with van der Waals surface area (Å²) < 4.78 is 77.8. The number of aliphatic hydroxyl groups excluding tert-OH is 2. The minimum absolute atomic E-state index is 0.0868. The second-order valence-corrected chi connectivity index (χ2v) is 11.8. The number of hydrogen-bond acceptors (Lipinski definition) is 4. The van der Waals surface area contributed by atoms with Gasteiger partial charge in [-0.3, -0.25) is 4.79 Å². The molecule has 0 spiro atoms. The lowest BCUT2D eigenvalue weighted by atomic mass is 9.52. The third-order valence-corrected chi connectivity index (χ3v) is 9.01. The van der Waals surface area contributed by atoms with Gasteiger partial charge in [0.05, 0.1) is 18.6 Å². The Morgan fingerprint density at radius 3 is 2.24 bits per heavy atom. The van der Waals surface area contributed by atoms with Crippen LogP contribution in [0.2, 0.25) is 0 Å². The summed E-state index contributed by atoms with van der Waals surface area (Å²) in [6.45, 7) is 3.94. The molecule has 0 aromatic rings. The van der Waals surface area contributed by atoms with Gasteiger partial charge in [-0.25, -0.2) is 0 Å². The highest BCUT2D eigenvalue weighted by Crippen LogP contribution is 2.57. The number of halogens is 6. The van der Waals surface area contributed by atoms with E-state index in [0.717, 1.165) is 44.1 Å². The highest BCUT2D eigenvalue weighted by molar-refractivity contribution is 5.77. The normalized spacial score (nSPS) is 33.0. The van der Waals surface area contributed by atoms with Gasteiger partial charge in [0.2, 0.25) is 5.91 Å². The van der Waals surface area contributed by atoms with Crippen LogP contribution in [0.15, 0.2) is 23.3 Å². The molecule has 1 amide bonds. The Bertz CT molecular complexity index is 888. The fourth-order valence-electron chi connectivity index (χ4n) is 7.01. The second kappa shape index (κ2) is 11.5. The summed E-state index contributed by atoms with van der Waals surface area (Å²) >= 11 is 0. The maximum absolute atomic E-state index is 13.0. The number of fused-ring (bicyclic) bond motifs is 1. The van der Waals surface area contributed by atoms with Crippen LogP contribution in [0.25, 0.3) is 0 Å². The van der Waals surface area contributed by atoms with Crippen LogP contribution in [0, 0.1) is 23.2 Å². The number of amides is 1. The molecule has 0 bridgehead atoms. The average molecular weight is 556 g/mol. The van der Waals surface area contributed by atoms with Gasteiger partial charge in [0.1, 0.15) is 0 Å². The zero-order chi connectivity index (χ0) is 28.5. The number of carbonyl (C=O) groups excluding carboxylic acids is 1. The van der Waals surface area contributed by atoms with E-state index in [1.807, 2.05) is 13.0 Å². The quantitative estimate of drug-likeness (QED) is 0.333.